The lowest BCUT2D eigenvalue weighted by atomic mass is 10.0. The fourth-order valence-electron chi connectivity index (χ4n) is 3.92. The number of benzene rings is 2. The molecule has 1 aliphatic rings. The van der Waals surface area contributed by atoms with E-state index in [-0.39, 0.29) is 18.6 Å². The van der Waals surface area contributed by atoms with Crippen molar-refractivity contribution < 1.29 is 19.1 Å². The summed E-state index contributed by atoms with van der Waals surface area (Å²) in [4.78, 5) is 19.4. The summed E-state index contributed by atoms with van der Waals surface area (Å²) in [6, 6.07) is 13.0. The molecule has 0 radical (unpaired) electrons. The SMILES string of the molecule is COc1cccc(-c2nc3ccc(C(=O)NCCN4CCCC[C@H]4CO)cc3o2)c1. The van der Waals surface area contributed by atoms with Crippen molar-refractivity contribution in [3.05, 3.63) is 48.0 Å². The highest BCUT2D eigenvalue weighted by molar-refractivity contribution is 5.97. The summed E-state index contributed by atoms with van der Waals surface area (Å²) >= 11 is 0. The number of ether oxygens (including phenoxy) is 1. The van der Waals surface area contributed by atoms with Crippen LogP contribution in [0.3, 0.4) is 0 Å². The average Bonchev–Trinajstić information content (AvgIpc) is 3.23. The van der Waals surface area contributed by atoms with Gasteiger partial charge in [0.15, 0.2) is 5.58 Å². The molecule has 1 aromatic heterocycles. The van der Waals surface area contributed by atoms with Crippen molar-refractivity contribution >= 4 is 17.0 Å². The number of piperidine rings is 1. The number of oxazole rings is 1. The van der Waals surface area contributed by atoms with Gasteiger partial charge in [-0.15, -0.1) is 0 Å². The number of hydrogen-bond donors (Lipinski definition) is 2. The lowest BCUT2D eigenvalue weighted by molar-refractivity contribution is 0.0849. The van der Waals surface area contributed by atoms with Crippen molar-refractivity contribution in [3.8, 4) is 17.2 Å². The largest absolute Gasteiger partial charge is 0.497 e. The number of rotatable bonds is 7. The van der Waals surface area contributed by atoms with Gasteiger partial charge in [0.25, 0.3) is 5.91 Å². The first kappa shape index (κ1) is 20.4. The molecule has 2 heterocycles. The summed E-state index contributed by atoms with van der Waals surface area (Å²) in [5.74, 6) is 1.07. The van der Waals surface area contributed by atoms with Crippen LogP contribution in [0.5, 0.6) is 5.75 Å². The molecule has 0 spiro atoms. The molecule has 1 saturated heterocycles. The van der Waals surface area contributed by atoms with Crippen LogP contribution in [-0.4, -0.2) is 60.3 Å². The van der Waals surface area contributed by atoms with Crippen LogP contribution in [0.1, 0.15) is 29.6 Å². The smallest absolute Gasteiger partial charge is 0.251 e. The Bertz CT molecular complexity index is 1020. The molecule has 4 rings (SSSR count). The van der Waals surface area contributed by atoms with Crippen molar-refractivity contribution in [2.45, 2.75) is 25.3 Å². The Morgan fingerprint density at radius 3 is 3.03 bits per heavy atom. The molecule has 3 aromatic rings. The van der Waals surface area contributed by atoms with E-state index in [2.05, 4.69) is 15.2 Å². The van der Waals surface area contributed by atoms with Crippen LogP contribution < -0.4 is 10.1 Å². The van der Waals surface area contributed by atoms with Gasteiger partial charge >= 0.3 is 0 Å². The molecule has 1 fully saturated rings. The summed E-state index contributed by atoms with van der Waals surface area (Å²) in [5.41, 5.74) is 2.62. The quantitative estimate of drug-likeness (QED) is 0.624. The summed E-state index contributed by atoms with van der Waals surface area (Å²) in [5, 5.41) is 12.5. The maximum atomic E-state index is 12.6. The molecular formula is C23H27N3O4. The Morgan fingerprint density at radius 1 is 1.30 bits per heavy atom. The maximum absolute atomic E-state index is 12.6. The Morgan fingerprint density at radius 2 is 2.20 bits per heavy atom. The number of aliphatic hydroxyl groups is 1. The van der Waals surface area contributed by atoms with Gasteiger partial charge in [-0.25, -0.2) is 4.98 Å². The van der Waals surface area contributed by atoms with E-state index in [1.54, 1.807) is 25.3 Å². The predicted octanol–water partition coefficient (Wildman–Crippen LogP) is 3.08. The monoisotopic (exact) mass is 409 g/mol. The van der Waals surface area contributed by atoms with Crippen molar-refractivity contribution in [1.29, 1.82) is 0 Å². The van der Waals surface area contributed by atoms with Gasteiger partial charge in [0, 0.05) is 30.3 Å². The van der Waals surface area contributed by atoms with Crippen LogP contribution in [0.2, 0.25) is 0 Å². The number of methoxy groups -OCH3 is 1. The van der Waals surface area contributed by atoms with Crippen LogP contribution in [0.4, 0.5) is 0 Å². The minimum Gasteiger partial charge on any atom is -0.497 e. The van der Waals surface area contributed by atoms with Crippen LogP contribution in [0, 0.1) is 0 Å². The van der Waals surface area contributed by atoms with E-state index in [1.807, 2.05) is 24.3 Å². The van der Waals surface area contributed by atoms with Crippen molar-refractivity contribution in [3.63, 3.8) is 0 Å². The second-order valence-corrected chi connectivity index (χ2v) is 7.56. The summed E-state index contributed by atoms with van der Waals surface area (Å²) < 4.78 is 11.1. The summed E-state index contributed by atoms with van der Waals surface area (Å²) in [6.07, 6.45) is 3.31. The molecule has 0 bridgehead atoms. The van der Waals surface area contributed by atoms with Gasteiger partial charge in [-0.2, -0.15) is 0 Å². The highest BCUT2D eigenvalue weighted by atomic mass is 16.5. The van der Waals surface area contributed by atoms with Gasteiger partial charge in [0.2, 0.25) is 5.89 Å². The van der Waals surface area contributed by atoms with Crippen LogP contribution >= 0.6 is 0 Å². The van der Waals surface area contributed by atoms with Crippen molar-refractivity contribution in [2.75, 3.05) is 33.4 Å². The van der Waals surface area contributed by atoms with Gasteiger partial charge in [-0.05, 0) is 55.8 Å². The zero-order valence-corrected chi connectivity index (χ0v) is 17.1. The molecule has 0 aliphatic carbocycles. The number of nitrogens with zero attached hydrogens (tertiary/aromatic N) is 2. The Kier molecular flexibility index (Phi) is 6.30. The molecule has 0 unspecified atom stereocenters. The zero-order chi connectivity index (χ0) is 20.9. The Balaban J connectivity index is 1.42. The Hall–Kier alpha value is -2.90. The number of aliphatic hydroxyl groups excluding tert-OH is 1. The number of fused-ring (bicyclic) bond motifs is 1. The fraction of sp³-hybridized carbons (Fsp3) is 0.391. The molecule has 1 aliphatic heterocycles. The molecule has 1 atom stereocenters. The molecule has 7 heteroatoms. The standard InChI is InChI=1S/C23H27N3O4/c1-29-19-7-4-5-17(13-19)23-25-20-9-8-16(14-21(20)30-23)22(28)24-10-12-26-11-3-2-6-18(26)15-27/h4-5,7-9,13-14,18,27H,2-3,6,10-12,15H2,1H3,(H,24,28)/t18-/m0/s1. The van der Waals surface area contributed by atoms with Gasteiger partial charge in [-0.3, -0.25) is 9.69 Å². The highest BCUT2D eigenvalue weighted by Crippen LogP contribution is 2.27. The molecule has 2 N–H and O–H groups in total. The van der Waals surface area contributed by atoms with E-state index in [4.69, 9.17) is 9.15 Å². The lowest BCUT2D eigenvalue weighted by Crippen LogP contribution is -2.45. The molecule has 1 amide bonds. The number of nitrogens with one attached hydrogen (secondary N) is 1. The fourth-order valence-corrected chi connectivity index (χ4v) is 3.92. The van der Waals surface area contributed by atoms with E-state index >= 15 is 0 Å². The van der Waals surface area contributed by atoms with E-state index < -0.39 is 0 Å². The third-order valence-corrected chi connectivity index (χ3v) is 5.61. The summed E-state index contributed by atoms with van der Waals surface area (Å²) in [7, 11) is 1.62. The molecular weight excluding hydrogens is 382 g/mol. The van der Waals surface area contributed by atoms with Gasteiger partial charge in [-0.1, -0.05) is 12.5 Å². The van der Waals surface area contributed by atoms with Crippen molar-refractivity contribution in [1.82, 2.24) is 15.2 Å². The first-order valence-corrected chi connectivity index (χ1v) is 10.4. The highest BCUT2D eigenvalue weighted by Gasteiger charge is 2.21. The number of hydrogen-bond acceptors (Lipinski definition) is 6. The van der Waals surface area contributed by atoms with E-state index in [0.717, 1.165) is 43.7 Å². The average molecular weight is 409 g/mol. The number of likely N-dealkylation sites (tertiary alicyclic amines) is 1. The molecule has 7 nitrogen and oxygen atoms in total. The number of carbonyl (C=O) groups is 1. The van der Waals surface area contributed by atoms with E-state index in [1.165, 1.54) is 0 Å². The number of amides is 1. The van der Waals surface area contributed by atoms with E-state index in [0.29, 0.717) is 29.1 Å². The molecule has 30 heavy (non-hydrogen) atoms. The Labute approximate surface area is 175 Å². The molecule has 2 aromatic carbocycles. The third-order valence-electron chi connectivity index (χ3n) is 5.61. The van der Waals surface area contributed by atoms with E-state index in [9.17, 15) is 9.90 Å². The van der Waals surface area contributed by atoms with Crippen LogP contribution in [0.15, 0.2) is 46.9 Å². The van der Waals surface area contributed by atoms with Crippen LogP contribution in [0.25, 0.3) is 22.6 Å². The van der Waals surface area contributed by atoms with Crippen molar-refractivity contribution in [2.24, 2.45) is 0 Å². The zero-order valence-electron chi connectivity index (χ0n) is 17.1. The second kappa shape index (κ2) is 9.28. The van der Waals surface area contributed by atoms with Crippen LogP contribution in [-0.2, 0) is 0 Å². The maximum Gasteiger partial charge on any atom is 0.251 e. The van der Waals surface area contributed by atoms with Gasteiger partial charge in [0.1, 0.15) is 11.3 Å². The number of aromatic nitrogens is 1. The molecule has 0 saturated carbocycles. The van der Waals surface area contributed by atoms with Gasteiger partial charge in [0.05, 0.1) is 13.7 Å². The minimum absolute atomic E-state index is 0.145. The topological polar surface area (TPSA) is 87.8 Å². The normalized spacial score (nSPS) is 17.2. The predicted molar refractivity (Wildman–Crippen MR) is 115 cm³/mol. The summed E-state index contributed by atoms with van der Waals surface area (Å²) in [6.45, 7) is 2.42. The minimum atomic E-state index is -0.145. The first-order valence-electron chi connectivity index (χ1n) is 10.4. The first-order chi connectivity index (χ1) is 14.7. The number of carbonyl (C=O) groups excluding carboxylic acids is 1. The third kappa shape index (κ3) is 4.47. The lowest BCUT2D eigenvalue weighted by Gasteiger charge is -2.34. The molecule has 158 valence electrons. The second-order valence-electron chi connectivity index (χ2n) is 7.56. The van der Waals surface area contributed by atoms with Gasteiger partial charge < -0.3 is 19.6 Å².